The summed E-state index contributed by atoms with van der Waals surface area (Å²) < 4.78 is 0. The lowest BCUT2D eigenvalue weighted by Crippen LogP contribution is -2.46. The molecule has 98 valence electrons. The van der Waals surface area contributed by atoms with Gasteiger partial charge in [0.05, 0.1) is 6.54 Å². The first-order valence-electron chi connectivity index (χ1n) is 7.17. The number of hydrogen-bond acceptors (Lipinski definition) is 2. The Kier molecular flexibility index (Phi) is 4.43. The summed E-state index contributed by atoms with van der Waals surface area (Å²) in [5.74, 6) is 2.39. The first kappa shape index (κ1) is 12.9. The van der Waals surface area contributed by atoms with E-state index in [1.54, 1.807) is 0 Å². The van der Waals surface area contributed by atoms with E-state index in [1.165, 1.54) is 25.7 Å². The molecule has 2 saturated carbocycles. The Labute approximate surface area is 105 Å². The van der Waals surface area contributed by atoms with Crippen LogP contribution in [0.1, 0.15) is 46.0 Å². The second kappa shape index (κ2) is 5.85. The first-order chi connectivity index (χ1) is 8.16. The van der Waals surface area contributed by atoms with Crippen LogP contribution < -0.4 is 10.6 Å². The molecule has 17 heavy (non-hydrogen) atoms. The van der Waals surface area contributed by atoms with E-state index < -0.39 is 0 Å². The van der Waals surface area contributed by atoms with E-state index in [9.17, 15) is 4.79 Å². The largest absolute Gasteiger partial charge is 0.352 e. The standard InChI is InChI=1S/C14H26N2O/c1-10-4-3-5-13(11(10)2)16-14(17)9-15-8-12-6-7-12/h10-13,15H,3-9H2,1-2H3,(H,16,17). The van der Waals surface area contributed by atoms with Crippen molar-refractivity contribution in [2.24, 2.45) is 17.8 Å². The molecular weight excluding hydrogens is 212 g/mol. The van der Waals surface area contributed by atoms with Crippen molar-refractivity contribution in [2.45, 2.75) is 52.0 Å². The molecule has 0 aromatic heterocycles. The molecule has 0 aromatic rings. The maximum atomic E-state index is 11.8. The Bertz CT molecular complexity index is 263. The molecular formula is C14H26N2O. The summed E-state index contributed by atoms with van der Waals surface area (Å²) in [6.45, 7) is 6.08. The molecule has 0 aliphatic heterocycles. The Hall–Kier alpha value is -0.570. The minimum absolute atomic E-state index is 0.177. The zero-order valence-electron chi connectivity index (χ0n) is 11.2. The third-order valence-electron chi connectivity index (χ3n) is 4.47. The molecule has 3 nitrogen and oxygen atoms in total. The van der Waals surface area contributed by atoms with Crippen molar-refractivity contribution in [2.75, 3.05) is 13.1 Å². The van der Waals surface area contributed by atoms with Crippen LogP contribution in [0.4, 0.5) is 0 Å². The van der Waals surface area contributed by atoms with Crippen molar-refractivity contribution in [1.29, 1.82) is 0 Å². The zero-order valence-corrected chi connectivity index (χ0v) is 11.2. The van der Waals surface area contributed by atoms with Crippen molar-refractivity contribution in [3.05, 3.63) is 0 Å². The fraction of sp³-hybridized carbons (Fsp3) is 0.929. The quantitative estimate of drug-likeness (QED) is 0.768. The van der Waals surface area contributed by atoms with Gasteiger partial charge < -0.3 is 10.6 Å². The summed E-state index contributed by atoms with van der Waals surface area (Å²) in [6, 6.07) is 0.397. The van der Waals surface area contributed by atoms with E-state index in [-0.39, 0.29) is 5.91 Å². The number of nitrogens with one attached hydrogen (secondary N) is 2. The molecule has 2 fully saturated rings. The maximum absolute atomic E-state index is 11.8. The molecule has 3 unspecified atom stereocenters. The van der Waals surface area contributed by atoms with E-state index in [0.717, 1.165) is 24.8 Å². The van der Waals surface area contributed by atoms with Crippen LogP contribution in [-0.4, -0.2) is 25.0 Å². The fourth-order valence-electron chi connectivity index (χ4n) is 2.76. The van der Waals surface area contributed by atoms with Crippen LogP contribution in [0.15, 0.2) is 0 Å². The van der Waals surface area contributed by atoms with Crippen LogP contribution in [-0.2, 0) is 4.79 Å². The van der Waals surface area contributed by atoms with Gasteiger partial charge in [-0.05, 0) is 43.6 Å². The summed E-state index contributed by atoms with van der Waals surface area (Å²) in [5, 5.41) is 6.44. The lowest BCUT2D eigenvalue weighted by Gasteiger charge is -2.34. The molecule has 3 heteroatoms. The molecule has 2 rings (SSSR count). The average molecular weight is 238 g/mol. The second-order valence-electron chi connectivity index (χ2n) is 6.02. The lowest BCUT2D eigenvalue weighted by atomic mass is 9.78. The van der Waals surface area contributed by atoms with Crippen LogP contribution in [0.25, 0.3) is 0 Å². The number of hydrogen-bond donors (Lipinski definition) is 2. The normalized spacial score (nSPS) is 33.4. The predicted octanol–water partition coefficient (Wildman–Crippen LogP) is 1.93. The Balaban J connectivity index is 1.65. The molecule has 0 radical (unpaired) electrons. The van der Waals surface area contributed by atoms with Crippen molar-refractivity contribution >= 4 is 5.91 Å². The molecule has 2 aliphatic carbocycles. The summed E-state index contributed by atoms with van der Waals surface area (Å²) in [7, 11) is 0. The van der Waals surface area contributed by atoms with Crippen LogP contribution >= 0.6 is 0 Å². The summed E-state index contributed by atoms with van der Waals surface area (Å²) in [4.78, 5) is 11.8. The molecule has 0 saturated heterocycles. The molecule has 0 bridgehead atoms. The number of rotatable bonds is 5. The third-order valence-corrected chi connectivity index (χ3v) is 4.47. The van der Waals surface area contributed by atoms with Gasteiger partial charge in [-0.1, -0.05) is 26.7 Å². The third kappa shape index (κ3) is 3.98. The molecule has 2 aliphatic rings. The fourth-order valence-corrected chi connectivity index (χ4v) is 2.76. The second-order valence-corrected chi connectivity index (χ2v) is 6.02. The van der Waals surface area contributed by atoms with E-state index in [2.05, 4.69) is 24.5 Å². The van der Waals surface area contributed by atoms with Crippen molar-refractivity contribution in [3.8, 4) is 0 Å². The number of carbonyl (C=O) groups is 1. The topological polar surface area (TPSA) is 41.1 Å². The lowest BCUT2D eigenvalue weighted by molar-refractivity contribution is -0.121. The highest BCUT2D eigenvalue weighted by atomic mass is 16.1. The smallest absolute Gasteiger partial charge is 0.234 e. The predicted molar refractivity (Wildman–Crippen MR) is 69.7 cm³/mol. The van der Waals surface area contributed by atoms with Crippen LogP contribution in [0.3, 0.4) is 0 Å². The summed E-state index contributed by atoms with van der Waals surface area (Å²) in [5.41, 5.74) is 0. The van der Waals surface area contributed by atoms with Gasteiger partial charge in [-0.3, -0.25) is 4.79 Å². The van der Waals surface area contributed by atoms with Gasteiger partial charge in [0.25, 0.3) is 0 Å². The van der Waals surface area contributed by atoms with E-state index in [0.29, 0.717) is 18.5 Å². The monoisotopic (exact) mass is 238 g/mol. The minimum Gasteiger partial charge on any atom is -0.352 e. The number of carbonyl (C=O) groups excluding carboxylic acids is 1. The van der Waals surface area contributed by atoms with Crippen molar-refractivity contribution < 1.29 is 4.79 Å². The van der Waals surface area contributed by atoms with E-state index in [1.807, 2.05) is 0 Å². The number of amides is 1. The molecule has 3 atom stereocenters. The van der Waals surface area contributed by atoms with Gasteiger partial charge in [0.1, 0.15) is 0 Å². The Morgan fingerprint density at radius 1 is 1.18 bits per heavy atom. The SMILES string of the molecule is CC1CCCC(NC(=O)CNCC2CC2)C1C. The highest BCUT2D eigenvalue weighted by molar-refractivity contribution is 5.78. The average Bonchev–Trinajstić information content (AvgIpc) is 3.09. The van der Waals surface area contributed by atoms with E-state index in [4.69, 9.17) is 0 Å². The highest BCUT2D eigenvalue weighted by Crippen LogP contribution is 2.29. The van der Waals surface area contributed by atoms with Crippen molar-refractivity contribution in [1.82, 2.24) is 10.6 Å². The van der Waals surface area contributed by atoms with Gasteiger partial charge >= 0.3 is 0 Å². The summed E-state index contributed by atoms with van der Waals surface area (Å²) >= 11 is 0. The van der Waals surface area contributed by atoms with Gasteiger partial charge in [0.2, 0.25) is 5.91 Å². The molecule has 2 N–H and O–H groups in total. The van der Waals surface area contributed by atoms with Gasteiger partial charge in [0, 0.05) is 6.04 Å². The summed E-state index contributed by atoms with van der Waals surface area (Å²) in [6.07, 6.45) is 6.40. The van der Waals surface area contributed by atoms with Gasteiger partial charge in [0.15, 0.2) is 0 Å². The van der Waals surface area contributed by atoms with Gasteiger partial charge in [-0.25, -0.2) is 0 Å². The highest BCUT2D eigenvalue weighted by Gasteiger charge is 2.28. The van der Waals surface area contributed by atoms with Gasteiger partial charge in [-0.2, -0.15) is 0 Å². The van der Waals surface area contributed by atoms with E-state index >= 15 is 0 Å². The van der Waals surface area contributed by atoms with Crippen molar-refractivity contribution in [3.63, 3.8) is 0 Å². The van der Waals surface area contributed by atoms with Crippen LogP contribution in [0.5, 0.6) is 0 Å². The molecule has 0 heterocycles. The minimum atomic E-state index is 0.177. The van der Waals surface area contributed by atoms with Gasteiger partial charge in [-0.15, -0.1) is 0 Å². The Morgan fingerprint density at radius 2 is 1.94 bits per heavy atom. The molecule has 0 spiro atoms. The molecule has 1 amide bonds. The Morgan fingerprint density at radius 3 is 2.65 bits per heavy atom. The molecule has 0 aromatic carbocycles. The zero-order chi connectivity index (χ0) is 12.3. The van der Waals surface area contributed by atoms with Crippen LogP contribution in [0, 0.1) is 17.8 Å². The van der Waals surface area contributed by atoms with Crippen LogP contribution in [0.2, 0.25) is 0 Å². The first-order valence-corrected chi connectivity index (χ1v) is 7.17. The maximum Gasteiger partial charge on any atom is 0.234 e.